The first-order valence-corrected chi connectivity index (χ1v) is 5.59. The molecule has 19 heavy (non-hydrogen) atoms. The van der Waals surface area contributed by atoms with Gasteiger partial charge in [0.05, 0.1) is 11.1 Å². The van der Waals surface area contributed by atoms with E-state index in [1.54, 1.807) is 6.92 Å². The smallest absolute Gasteiger partial charge is 0.350 e. The third-order valence-corrected chi connectivity index (χ3v) is 2.53. The van der Waals surface area contributed by atoms with Crippen LogP contribution in [0.1, 0.15) is 19.8 Å². The molecule has 1 N–H and O–H groups in total. The molecule has 1 rings (SSSR count). The van der Waals surface area contributed by atoms with Gasteiger partial charge in [-0.15, -0.1) is 0 Å². The Labute approximate surface area is 106 Å². The minimum atomic E-state index is -1.06. The summed E-state index contributed by atoms with van der Waals surface area (Å²) in [5, 5.41) is 19.2. The second kappa shape index (κ2) is 5.94. The molecule has 104 valence electrons. The summed E-state index contributed by atoms with van der Waals surface area (Å²) in [5.74, 6) is -1.06. The van der Waals surface area contributed by atoms with Crippen LogP contribution >= 0.6 is 0 Å². The van der Waals surface area contributed by atoms with Crippen molar-refractivity contribution in [1.82, 2.24) is 9.13 Å². The average Bonchev–Trinajstić information content (AvgIpc) is 2.32. The summed E-state index contributed by atoms with van der Waals surface area (Å²) in [6.45, 7) is 1.63. The van der Waals surface area contributed by atoms with Gasteiger partial charge >= 0.3 is 22.9 Å². The van der Waals surface area contributed by atoms with Crippen molar-refractivity contribution in [2.24, 2.45) is 0 Å². The number of nitro groups is 1. The summed E-state index contributed by atoms with van der Waals surface area (Å²) in [4.78, 5) is 43.8. The van der Waals surface area contributed by atoms with Gasteiger partial charge in [0.2, 0.25) is 0 Å². The lowest BCUT2D eigenvalue weighted by Gasteiger charge is -2.07. The minimum absolute atomic E-state index is 0.0510. The number of carboxylic acid groups (broad SMARTS) is 1. The van der Waals surface area contributed by atoms with Crippen LogP contribution in [0.5, 0.6) is 0 Å². The van der Waals surface area contributed by atoms with Gasteiger partial charge in [0.25, 0.3) is 0 Å². The third kappa shape index (κ3) is 3.27. The Morgan fingerprint density at radius 3 is 2.58 bits per heavy atom. The van der Waals surface area contributed by atoms with Crippen LogP contribution in [0.2, 0.25) is 0 Å². The fourth-order valence-corrected chi connectivity index (χ4v) is 1.58. The van der Waals surface area contributed by atoms with E-state index in [0.29, 0.717) is 4.57 Å². The predicted molar refractivity (Wildman–Crippen MR) is 64.2 cm³/mol. The summed E-state index contributed by atoms with van der Waals surface area (Å²) in [6.07, 6.45) is 0.731. The first-order valence-electron chi connectivity index (χ1n) is 5.59. The minimum Gasteiger partial charge on any atom is -0.481 e. The van der Waals surface area contributed by atoms with Gasteiger partial charge < -0.3 is 5.11 Å². The highest BCUT2D eigenvalue weighted by molar-refractivity contribution is 5.66. The largest absolute Gasteiger partial charge is 0.481 e. The van der Waals surface area contributed by atoms with Crippen molar-refractivity contribution in [2.75, 3.05) is 0 Å². The monoisotopic (exact) mass is 271 g/mol. The summed E-state index contributed by atoms with van der Waals surface area (Å²) in [5.41, 5.74) is -2.38. The standard InChI is InChI=1S/C10H13N3O6/c1-2-11-6-7(13(18)19)9(16)12(10(11)17)5-3-4-8(14)15/h6H,2-5H2,1H3,(H,14,15). The third-order valence-electron chi connectivity index (χ3n) is 2.53. The van der Waals surface area contributed by atoms with Crippen molar-refractivity contribution in [3.63, 3.8) is 0 Å². The van der Waals surface area contributed by atoms with Crippen LogP contribution in [0, 0.1) is 10.1 Å². The molecular weight excluding hydrogens is 258 g/mol. The molecule has 0 fully saturated rings. The van der Waals surface area contributed by atoms with Crippen LogP contribution in [-0.4, -0.2) is 25.1 Å². The van der Waals surface area contributed by atoms with Crippen LogP contribution in [0.25, 0.3) is 0 Å². The fourth-order valence-electron chi connectivity index (χ4n) is 1.58. The van der Waals surface area contributed by atoms with E-state index in [-0.39, 0.29) is 25.9 Å². The van der Waals surface area contributed by atoms with Gasteiger partial charge in [0.1, 0.15) is 0 Å². The highest BCUT2D eigenvalue weighted by Crippen LogP contribution is 2.01. The molecule has 0 spiro atoms. The van der Waals surface area contributed by atoms with Crippen molar-refractivity contribution in [3.05, 3.63) is 37.1 Å². The molecule has 1 aromatic heterocycles. The van der Waals surface area contributed by atoms with E-state index in [4.69, 9.17) is 5.11 Å². The maximum Gasteiger partial charge on any atom is 0.350 e. The van der Waals surface area contributed by atoms with E-state index >= 15 is 0 Å². The number of rotatable bonds is 6. The number of hydrogen-bond acceptors (Lipinski definition) is 5. The van der Waals surface area contributed by atoms with E-state index < -0.39 is 27.8 Å². The summed E-state index contributed by atoms with van der Waals surface area (Å²) in [6, 6.07) is 0. The summed E-state index contributed by atoms with van der Waals surface area (Å²) < 4.78 is 1.74. The molecular formula is C10H13N3O6. The van der Waals surface area contributed by atoms with Crippen LogP contribution in [0.4, 0.5) is 5.69 Å². The Bertz CT molecular complexity index is 615. The van der Waals surface area contributed by atoms with Crippen molar-refractivity contribution in [3.8, 4) is 0 Å². The zero-order valence-corrected chi connectivity index (χ0v) is 10.2. The zero-order chi connectivity index (χ0) is 14.6. The van der Waals surface area contributed by atoms with Crippen molar-refractivity contribution >= 4 is 11.7 Å². The highest BCUT2D eigenvalue weighted by Gasteiger charge is 2.19. The van der Waals surface area contributed by atoms with Gasteiger partial charge in [-0.1, -0.05) is 0 Å². The molecule has 0 saturated carbocycles. The van der Waals surface area contributed by atoms with Crippen molar-refractivity contribution in [1.29, 1.82) is 0 Å². The van der Waals surface area contributed by atoms with Gasteiger partial charge in [-0.25, -0.2) is 4.79 Å². The molecule has 0 aliphatic carbocycles. The number of hydrogen-bond donors (Lipinski definition) is 1. The summed E-state index contributed by atoms with van der Waals surface area (Å²) in [7, 11) is 0. The lowest BCUT2D eigenvalue weighted by molar-refractivity contribution is -0.387. The number of carboxylic acids is 1. The molecule has 0 aromatic carbocycles. The fraction of sp³-hybridized carbons (Fsp3) is 0.500. The highest BCUT2D eigenvalue weighted by atomic mass is 16.6. The molecule has 0 radical (unpaired) electrons. The molecule has 0 bridgehead atoms. The molecule has 0 atom stereocenters. The maximum atomic E-state index is 11.8. The topological polar surface area (TPSA) is 124 Å². The van der Waals surface area contributed by atoms with E-state index in [1.807, 2.05) is 0 Å². The second-order valence-electron chi connectivity index (χ2n) is 3.79. The normalized spacial score (nSPS) is 10.4. The van der Waals surface area contributed by atoms with Crippen LogP contribution in [-0.2, 0) is 17.9 Å². The van der Waals surface area contributed by atoms with Crippen LogP contribution < -0.4 is 11.2 Å². The molecule has 0 amide bonds. The van der Waals surface area contributed by atoms with Crippen molar-refractivity contribution in [2.45, 2.75) is 32.9 Å². The Balaban J connectivity index is 3.24. The predicted octanol–water partition coefficient (Wildman–Crippen LogP) is -0.197. The zero-order valence-electron chi connectivity index (χ0n) is 10.2. The SMILES string of the molecule is CCn1cc([N+](=O)[O-])c(=O)n(CCCC(=O)O)c1=O. The van der Waals surface area contributed by atoms with Gasteiger partial charge in [-0.2, -0.15) is 0 Å². The molecule has 0 aliphatic rings. The molecule has 0 unspecified atom stereocenters. The van der Waals surface area contributed by atoms with E-state index in [0.717, 1.165) is 10.8 Å². The van der Waals surface area contributed by atoms with E-state index in [9.17, 15) is 24.5 Å². The van der Waals surface area contributed by atoms with Gasteiger partial charge in [-0.05, 0) is 13.3 Å². The van der Waals surface area contributed by atoms with Crippen LogP contribution in [0.3, 0.4) is 0 Å². The molecule has 1 aromatic rings. The number of aryl methyl sites for hydroxylation is 1. The van der Waals surface area contributed by atoms with Gasteiger partial charge in [0, 0.05) is 19.5 Å². The number of nitrogens with zero attached hydrogens (tertiary/aromatic N) is 3. The Kier molecular flexibility index (Phi) is 4.56. The Morgan fingerprint density at radius 1 is 1.47 bits per heavy atom. The maximum absolute atomic E-state index is 11.8. The van der Waals surface area contributed by atoms with E-state index in [2.05, 4.69) is 0 Å². The molecule has 0 aliphatic heterocycles. The van der Waals surface area contributed by atoms with Crippen LogP contribution in [0.15, 0.2) is 15.8 Å². The molecule has 9 nitrogen and oxygen atoms in total. The van der Waals surface area contributed by atoms with E-state index in [1.165, 1.54) is 0 Å². The summed E-state index contributed by atoms with van der Waals surface area (Å²) >= 11 is 0. The molecule has 0 saturated heterocycles. The number of aliphatic carboxylic acids is 1. The molecule has 9 heteroatoms. The quantitative estimate of drug-likeness (QED) is 0.564. The van der Waals surface area contributed by atoms with Crippen molar-refractivity contribution < 1.29 is 14.8 Å². The lowest BCUT2D eigenvalue weighted by atomic mass is 10.3. The van der Waals surface area contributed by atoms with Gasteiger partial charge in [0.15, 0.2) is 0 Å². The Hall–Kier alpha value is -2.45. The molecule has 1 heterocycles. The first-order chi connectivity index (χ1) is 8.88. The first kappa shape index (κ1) is 14.6. The lowest BCUT2D eigenvalue weighted by Crippen LogP contribution is -2.40. The van der Waals surface area contributed by atoms with Gasteiger partial charge in [-0.3, -0.25) is 28.8 Å². The average molecular weight is 271 g/mol. The Morgan fingerprint density at radius 2 is 2.11 bits per heavy atom. The number of carbonyl (C=O) groups is 1. The number of aromatic nitrogens is 2. The second-order valence-corrected chi connectivity index (χ2v) is 3.79.